The molecule has 6 nitrogen and oxygen atoms in total. The van der Waals surface area contributed by atoms with E-state index in [9.17, 15) is 14.9 Å². The normalized spacial score (nSPS) is 11.6. The Balaban J connectivity index is 1.91. The first-order valence-corrected chi connectivity index (χ1v) is 8.86. The number of amides is 1. The maximum Gasteiger partial charge on any atom is 0.271 e. The van der Waals surface area contributed by atoms with Crippen molar-refractivity contribution in [3.05, 3.63) is 74.9 Å². The number of nitro groups is 1. The molecule has 0 unspecified atom stereocenters. The molecule has 0 saturated carbocycles. The van der Waals surface area contributed by atoms with Crippen molar-refractivity contribution in [1.82, 2.24) is 9.88 Å². The summed E-state index contributed by atoms with van der Waals surface area (Å²) in [5.41, 5.74) is 1.90. The molecule has 0 aliphatic heterocycles. The number of carbonyl (C=O) groups excluding carboxylic acids is 1. The molecule has 0 bridgehead atoms. The summed E-state index contributed by atoms with van der Waals surface area (Å²) < 4.78 is 1.92. The molecule has 3 rings (SSSR count). The zero-order valence-corrected chi connectivity index (χ0v) is 16.1. The first kappa shape index (κ1) is 18.9. The van der Waals surface area contributed by atoms with Crippen molar-refractivity contribution in [2.75, 3.05) is 0 Å². The van der Waals surface area contributed by atoms with Crippen LogP contribution in [0.1, 0.15) is 36.7 Å². The summed E-state index contributed by atoms with van der Waals surface area (Å²) in [6, 6.07) is 12.0. The number of benzene rings is 2. The Hall–Kier alpha value is -2.86. The molecule has 1 heterocycles. The van der Waals surface area contributed by atoms with Crippen molar-refractivity contribution in [3.63, 3.8) is 0 Å². The molecule has 0 radical (unpaired) electrons. The van der Waals surface area contributed by atoms with E-state index in [0.717, 1.165) is 11.1 Å². The Morgan fingerprint density at radius 1 is 1.22 bits per heavy atom. The lowest BCUT2D eigenvalue weighted by molar-refractivity contribution is -0.384. The molecule has 0 fully saturated rings. The van der Waals surface area contributed by atoms with Crippen LogP contribution < -0.4 is 5.32 Å². The van der Waals surface area contributed by atoms with Gasteiger partial charge in [-0.2, -0.15) is 0 Å². The largest absolute Gasteiger partial charge is 0.347 e. The molecular weight excluding hydrogens is 366 g/mol. The summed E-state index contributed by atoms with van der Waals surface area (Å²) in [5.74, 6) is -0.129. The van der Waals surface area contributed by atoms with E-state index in [4.69, 9.17) is 11.6 Å². The summed E-state index contributed by atoms with van der Waals surface area (Å²) in [6.07, 6.45) is 1.84. The second-order valence-electron chi connectivity index (χ2n) is 7.47. The van der Waals surface area contributed by atoms with Crippen LogP contribution in [0.3, 0.4) is 0 Å². The number of rotatable bonds is 4. The van der Waals surface area contributed by atoms with Crippen LogP contribution >= 0.6 is 11.6 Å². The van der Waals surface area contributed by atoms with Crippen LogP contribution in [0.25, 0.3) is 10.9 Å². The van der Waals surface area contributed by atoms with Crippen LogP contribution in [0, 0.1) is 10.1 Å². The van der Waals surface area contributed by atoms with Gasteiger partial charge in [-0.1, -0.05) is 23.7 Å². The van der Waals surface area contributed by atoms with E-state index in [0.29, 0.717) is 22.5 Å². The second-order valence-corrected chi connectivity index (χ2v) is 7.88. The van der Waals surface area contributed by atoms with E-state index >= 15 is 0 Å². The number of aromatic nitrogens is 1. The van der Waals surface area contributed by atoms with Crippen LogP contribution in [0.15, 0.2) is 48.7 Å². The Morgan fingerprint density at radius 3 is 2.63 bits per heavy atom. The average molecular weight is 386 g/mol. The van der Waals surface area contributed by atoms with Gasteiger partial charge in [0.05, 0.1) is 15.5 Å². The van der Waals surface area contributed by atoms with Gasteiger partial charge in [0.2, 0.25) is 0 Å². The molecule has 3 aromatic rings. The number of nitrogens with one attached hydrogen (secondary N) is 1. The Bertz CT molecular complexity index is 1030. The fourth-order valence-corrected chi connectivity index (χ4v) is 3.27. The van der Waals surface area contributed by atoms with Gasteiger partial charge in [-0.3, -0.25) is 14.9 Å². The number of carbonyl (C=O) groups is 1. The van der Waals surface area contributed by atoms with Gasteiger partial charge >= 0.3 is 0 Å². The summed E-state index contributed by atoms with van der Waals surface area (Å²) in [5, 5.41) is 15.0. The molecule has 0 aliphatic carbocycles. The number of hydrogen-bond acceptors (Lipinski definition) is 3. The number of halogens is 1. The predicted molar refractivity (Wildman–Crippen MR) is 106 cm³/mol. The maximum atomic E-state index is 12.4. The monoisotopic (exact) mass is 385 g/mol. The van der Waals surface area contributed by atoms with Crippen LogP contribution in [-0.2, 0) is 6.54 Å². The molecule has 140 valence electrons. The lowest BCUT2D eigenvalue weighted by Gasteiger charge is -2.20. The number of nitro benzene ring substituents is 1. The van der Waals surface area contributed by atoms with E-state index in [1.54, 1.807) is 12.1 Å². The number of nitrogens with zero attached hydrogens (tertiary/aromatic N) is 2. The van der Waals surface area contributed by atoms with Crippen LogP contribution in [0.5, 0.6) is 0 Å². The zero-order valence-electron chi connectivity index (χ0n) is 15.3. The summed E-state index contributed by atoms with van der Waals surface area (Å²) >= 11 is 6.28. The van der Waals surface area contributed by atoms with Crippen LogP contribution in [-0.4, -0.2) is 20.9 Å². The SMILES string of the molecule is CC(C)(C)NC(=O)c1cccc(Cn2ccc3cc([N+](=O)[O-])cc(Cl)c32)c1. The van der Waals surface area contributed by atoms with E-state index < -0.39 is 4.92 Å². The minimum absolute atomic E-state index is 0.0360. The number of hydrogen-bond donors (Lipinski definition) is 1. The zero-order chi connectivity index (χ0) is 19.8. The van der Waals surface area contributed by atoms with E-state index in [1.165, 1.54) is 12.1 Å². The molecule has 27 heavy (non-hydrogen) atoms. The van der Waals surface area contributed by atoms with Crippen molar-refractivity contribution in [1.29, 1.82) is 0 Å². The lowest BCUT2D eigenvalue weighted by Crippen LogP contribution is -2.40. The molecule has 0 atom stereocenters. The summed E-state index contributed by atoms with van der Waals surface area (Å²) in [4.78, 5) is 22.9. The fourth-order valence-electron chi connectivity index (χ4n) is 2.94. The first-order valence-electron chi connectivity index (χ1n) is 8.48. The molecule has 1 aromatic heterocycles. The lowest BCUT2D eigenvalue weighted by atomic mass is 10.1. The Morgan fingerprint density at radius 2 is 1.96 bits per heavy atom. The third-order valence-electron chi connectivity index (χ3n) is 4.04. The van der Waals surface area contributed by atoms with Crippen molar-refractivity contribution < 1.29 is 9.72 Å². The summed E-state index contributed by atoms with van der Waals surface area (Å²) in [6.45, 7) is 6.29. The standard InChI is InChI=1S/C20H20ClN3O3/c1-20(2,3)22-19(25)15-6-4-5-13(9-15)12-23-8-7-14-10-16(24(26)27)11-17(21)18(14)23/h4-11H,12H2,1-3H3,(H,22,25). The third-order valence-corrected chi connectivity index (χ3v) is 4.33. The van der Waals surface area contributed by atoms with E-state index in [2.05, 4.69) is 5.32 Å². The summed E-state index contributed by atoms with van der Waals surface area (Å²) in [7, 11) is 0. The quantitative estimate of drug-likeness (QED) is 0.518. The highest BCUT2D eigenvalue weighted by atomic mass is 35.5. The molecule has 1 N–H and O–H groups in total. The highest BCUT2D eigenvalue weighted by Gasteiger charge is 2.16. The van der Waals surface area contributed by atoms with Gasteiger partial charge in [0.1, 0.15) is 0 Å². The van der Waals surface area contributed by atoms with Crippen molar-refractivity contribution in [2.24, 2.45) is 0 Å². The molecular formula is C20H20ClN3O3. The second kappa shape index (κ2) is 7.04. The van der Waals surface area contributed by atoms with Gasteiger partial charge in [0.25, 0.3) is 11.6 Å². The predicted octanol–water partition coefficient (Wildman–Crippen LogP) is 4.78. The maximum absolute atomic E-state index is 12.4. The third kappa shape index (κ3) is 4.28. The van der Waals surface area contributed by atoms with Crippen molar-refractivity contribution >= 4 is 34.1 Å². The van der Waals surface area contributed by atoms with Gasteiger partial charge in [0.15, 0.2) is 0 Å². The molecule has 1 amide bonds. The molecule has 0 aliphatic rings. The van der Waals surface area contributed by atoms with Crippen molar-refractivity contribution in [2.45, 2.75) is 32.9 Å². The Labute approximate surface area is 161 Å². The topological polar surface area (TPSA) is 77.2 Å². The van der Waals surface area contributed by atoms with Gasteiger partial charge < -0.3 is 9.88 Å². The Kier molecular flexibility index (Phi) is 4.93. The minimum atomic E-state index is -0.458. The smallest absolute Gasteiger partial charge is 0.271 e. The highest BCUT2D eigenvalue weighted by Crippen LogP contribution is 2.30. The molecule has 0 saturated heterocycles. The molecule has 7 heteroatoms. The highest BCUT2D eigenvalue weighted by molar-refractivity contribution is 6.35. The fraction of sp³-hybridized carbons (Fsp3) is 0.250. The van der Waals surface area contributed by atoms with Crippen molar-refractivity contribution in [3.8, 4) is 0 Å². The van der Waals surface area contributed by atoms with Gasteiger partial charge in [0, 0.05) is 41.4 Å². The van der Waals surface area contributed by atoms with E-state index in [-0.39, 0.29) is 17.1 Å². The molecule has 2 aromatic carbocycles. The van der Waals surface area contributed by atoms with Gasteiger partial charge in [-0.15, -0.1) is 0 Å². The van der Waals surface area contributed by atoms with Crippen LogP contribution in [0.2, 0.25) is 5.02 Å². The van der Waals surface area contributed by atoms with Gasteiger partial charge in [-0.05, 0) is 44.5 Å². The number of fused-ring (bicyclic) bond motifs is 1. The van der Waals surface area contributed by atoms with Gasteiger partial charge in [-0.25, -0.2) is 0 Å². The minimum Gasteiger partial charge on any atom is -0.347 e. The molecule has 0 spiro atoms. The first-order chi connectivity index (χ1) is 12.6. The number of non-ortho nitro benzene ring substituents is 1. The average Bonchev–Trinajstić information content (AvgIpc) is 2.97. The van der Waals surface area contributed by atoms with Crippen LogP contribution in [0.4, 0.5) is 5.69 Å². The van der Waals surface area contributed by atoms with E-state index in [1.807, 2.05) is 49.7 Å².